The van der Waals surface area contributed by atoms with Crippen molar-refractivity contribution in [2.24, 2.45) is 5.92 Å². The molecule has 1 atom stereocenters. The van der Waals surface area contributed by atoms with E-state index in [1.165, 1.54) is 32.8 Å². The molecule has 1 fully saturated rings. The van der Waals surface area contributed by atoms with Crippen molar-refractivity contribution in [3.63, 3.8) is 0 Å². The Labute approximate surface area is 123 Å². The normalized spacial score (nSPS) is 25.5. The summed E-state index contributed by atoms with van der Waals surface area (Å²) in [5, 5.41) is 0. The third kappa shape index (κ3) is 3.62. The molecule has 0 radical (unpaired) electrons. The maximum Gasteiger partial charge on any atom is 0.338 e. The average Bonchev–Trinajstić information content (AvgIpc) is 2.78. The molecule has 2 aliphatic rings. The van der Waals surface area contributed by atoms with Gasteiger partial charge in [0.25, 0.3) is 0 Å². The number of hydrogen-bond acceptors (Lipinski definition) is 3. The van der Waals surface area contributed by atoms with E-state index >= 15 is 0 Å². The number of rotatable bonds is 2. The highest BCUT2D eigenvalue weighted by atomic mass is 79.9. The summed E-state index contributed by atoms with van der Waals surface area (Å²) in [5.74, 6) is 0.136. The molecule has 1 unspecified atom stereocenters. The Morgan fingerprint density at radius 1 is 1.32 bits per heavy atom. The smallest absolute Gasteiger partial charge is 0.338 e. The third-order valence-electron chi connectivity index (χ3n) is 3.93. The first kappa shape index (κ1) is 14.6. The van der Waals surface area contributed by atoms with Crippen LogP contribution in [0.15, 0.2) is 22.4 Å². The van der Waals surface area contributed by atoms with Crippen LogP contribution in [-0.2, 0) is 14.3 Å². The molecule has 0 aromatic carbocycles. The van der Waals surface area contributed by atoms with Crippen LogP contribution in [0.2, 0.25) is 0 Å². The van der Waals surface area contributed by atoms with Crippen LogP contribution in [0.3, 0.4) is 0 Å². The molecule has 4 heteroatoms. The summed E-state index contributed by atoms with van der Waals surface area (Å²) in [4.78, 5) is 12.1. The second-order valence-electron chi connectivity index (χ2n) is 5.19. The van der Waals surface area contributed by atoms with Crippen molar-refractivity contribution >= 4 is 21.9 Å². The van der Waals surface area contributed by atoms with Gasteiger partial charge in [-0.15, -0.1) is 0 Å². The van der Waals surface area contributed by atoms with Gasteiger partial charge in [-0.05, 0) is 18.9 Å². The molecular formula is C15H21BrO3. The Hall–Kier alpha value is -0.770. The Morgan fingerprint density at radius 2 is 2.00 bits per heavy atom. The predicted octanol–water partition coefficient (Wildman–Crippen LogP) is 4.08. The van der Waals surface area contributed by atoms with E-state index in [2.05, 4.69) is 15.9 Å². The Kier molecular flexibility index (Phi) is 5.49. The van der Waals surface area contributed by atoms with Crippen molar-refractivity contribution in [1.29, 1.82) is 0 Å². The molecule has 0 amide bonds. The maximum atomic E-state index is 12.1. The van der Waals surface area contributed by atoms with Crippen LogP contribution in [0, 0.1) is 5.92 Å². The minimum absolute atomic E-state index is 0.168. The summed E-state index contributed by atoms with van der Waals surface area (Å²) in [6.07, 6.45) is 11.5. The van der Waals surface area contributed by atoms with E-state index in [1.54, 1.807) is 6.26 Å². The van der Waals surface area contributed by atoms with Crippen LogP contribution < -0.4 is 0 Å². The van der Waals surface area contributed by atoms with Crippen molar-refractivity contribution in [3.05, 3.63) is 22.4 Å². The lowest BCUT2D eigenvalue weighted by molar-refractivity contribution is -0.137. The van der Waals surface area contributed by atoms with Gasteiger partial charge in [0.05, 0.1) is 18.9 Å². The lowest BCUT2D eigenvalue weighted by Crippen LogP contribution is -2.29. The van der Waals surface area contributed by atoms with E-state index in [-0.39, 0.29) is 12.1 Å². The molecule has 0 saturated heterocycles. The summed E-state index contributed by atoms with van der Waals surface area (Å²) in [5.41, 5.74) is 0.666. The van der Waals surface area contributed by atoms with Crippen LogP contribution in [0.4, 0.5) is 0 Å². The van der Waals surface area contributed by atoms with Gasteiger partial charge < -0.3 is 9.47 Å². The lowest BCUT2D eigenvalue weighted by atomic mass is 9.88. The number of hydrogen-bond donors (Lipinski definition) is 0. The zero-order chi connectivity index (χ0) is 13.7. The molecule has 0 aromatic heterocycles. The van der Waals surface area contributed by atoms with Crippen LogP contribution in [0.5, 0.6) is 0 Å². The molecule has 1 saturated carbocycles. The predicted molar refractivity (Wildman–Crippen MR) is 77.8 cm³/mol. The minimum atomic E-state index is -0.273. The first-order chi connectivity index (χ1) is 9.24. The van der Waals surface area contributed by atoms with E-state index in [4.69, 9.17) is 9.47 Å². The molecule has 1 heterocycles. The topological polar surface area (TPSA) is 35.5 Å². The molecule has 0 spiro atoms. The highest BCUT2D eigenvalue weighted by Crippen LogP contribution is 2.35. The molecule has 106 valence electrons. The fourth-order valence-electron chi connectivity index (χ4n) is 2.92. The first-order valence-electron chi connectivity index (χ1n) is 7.01. The molecule has 3 nitrogen and oxygen atoms in total. The molecule has 1 aliphatic heterocycles. The highest BCUT2D eigenvalue weighted by Gasteiger charge is 2.33. The van der Waals surface area contributed by atoms with Gasteiger partial charge in [0, 0.05) is 16.8 Å². The molecule has 19 heavy (non-hydrogen) atoms. The maximum absolute atomic E-state index is 12.1. The fourth-order valence-corrected chi connectivity index (χ4v) is 3.50. The van der Waals surface area contributed by atoms with Crippen LogP contribution in [0.1, 0.15) is 44.9 Å². The van der Waals surface area contributed by atoms with Gasteiger partial charge >= 0.3 is 5.97 Å². The summed E-state index contributed by atoms with van der Waals surface area (Å²) < 4.78 is 11.7. The molecule has 2 rings (SSSR count). The number of ether oxygens (including phenoxy) is 2. The van der Waals surface area contributed by atoms with Crippen LogP contribution in [-0.4, -0.2) is 19.2 Å². The first-order valence-corrected chi connectivity index (χ1v) is 7.80. The van der Waals surface area contributed by atoms with Gasteiger partial charge in [-0.3, -0.25) is 0 Å². The minimum Gasteiger partial charge on any atom is -0.493 e. The standard InChI is InChI=1S/C15H21BrO3/c1-18-15(17)13-12(16)9-6-10-19-14(13)11-7-4-2-3-5-8-11/h6,10-11,14H,2-5,7-9H2,1H3. The number of carbonyl (C=O) groups is 1. The Morgan fingerprint density at radius 3 is 2.63 bits per heavy atom. The second kappa shape index (κ2) is 7.13. The number of methoxy groups -OCH3 is 1. The van der Waals surface area contributed by atoms with Crippen molar-refractivity contribution in [3.8, 4) is 0 Å². The SMILES string of the molecule is COC(=O)C1=C(Br)CC=COC1C1CCCCCC1. The Bertz CT molecular complexity index is 379. The van der Waals surface area contributed by atoms with E-state index in [0.717, 1.165) is 17.3 Å². The van der Waals surface area contributed by atoms with E-state index < -0.39 is 0 Å². The zero-order valence-electron chi connectivity index (χ0n) is 11.4. The monoisotopic (exact) mass is 328 g/mol. The van der Waals surface area contributed by atoms with Gasteiger partial charge in [0.15, 0.2) is 0 Å². The van der Waals surface area contributed by atoms with Crippen molar-refractivity contribution < 1.29 is 14.3 Å². The fraction of sp³-hybridized carbons (Fsp3) is 0.667. The summed E-state index contributed by atoms with van der Waals surface area (Å²) in [6.45, 7) is 0. The number of allylic oxidation sites excluding steroid dienone is 2. The molecule has 1 aliphatic carbocycles. The third-order valence-corrected chi connectivity index (χ3v) is 4.68. The largest absolute Gasteiger partial charge is 0.493 e. The van der Waals surface area contributed by atoms with Crippen molar-refractivity contribution in [1.82, 2.24) is 0 Å². The zero-order valence-corrected chi connectivity index (χ0v) is 12.9. The Balaban J connectivity index is 2.25. The van der Waals surface area contributed by atoms with E-state index in [9.17, 15) is 4.79 Å². The van der Waals surface area contributed by atoms with Gasteiger partial charge in [-0.2, -0.15) is 0 Å². The summed E-state index contributed by atoms with van der Waals surface area (Å²) in [6, 6.07) is 0. The average molecular weight is 329 g/mol. The van der Waals surface area contributed by atoms with E-state index in [0.29, 0.717) is 17.9 Å². The molecule has 0 N–H and O–H groups in total. The number of esters is 1. The van der Waals surface area contributed by atoms with Crippen molar-refractivity contribution in [2.75, 3.05) is 7.11 Å². The van der Waals surface area contributed by atoms with Crippen LogP contribution in [0.25, 0.3) is 0 Å². The van der Waals surface area contributed by atoms with Gasteiger partial charge in [0.2, 0.25) is 0 Å². The van der Waals surface area contributed by atoms with Crippen LogP contribution >= 0.6 is 15.9 Å². The van der Waals surface area contributed by atoms with Gasteiger partial charge in [-0.25, -0.2) is 4.79 Å². The van der Waals surface area contributed by atoms with E-state index in [1.807, 2.05) is 6.08 Å². The molecular weight excluding hydrogens is 308 g/mol. The van der Waals surface area contributed by atoms with Gasteiger partial charge in [-0.1, -0.05) is 41.6 Å². The second-order valence-corrected chi connectivity index (χ2v) is 6.15. The molecule has 0 aromatic rings. The van der Waals surface area contributed by atoms with Gasteiger partial charge in [0.1, 0.15) is 6.10 Å². The summed E-state index contributed by atoms with van der Waals surface area (Å²) in [7, 11) is 1.43. The summed E-state index contributed by atoms with van der Waals surface area (Å²) >= 11 is 3.52. The lowest BCUT2D eigenvalue weighted by Gasteiger charge is -2.26. The number of carbonyl (C=O) groups excluding carboxylic acids is 1. The quantitative estimate of drug-likeness (QED) is 0.566. The highest BCUT2D eigenvalue weighted by molar-refractivity contribution is 9.11. The van der Waals surface area contributed by atoms with Crippen molar-refractivity contribution in [2.45, 2.75) is 51.0 Å². The molecule has 0 bridgehead atoms. The number of halogens is 1.